The van der Waals surface area contributed by atoms with Crippen molar-refractivity contribution >= 4 is 17.2 Å². The Hall–Kier alpha value is -1.13. The molecule has 0 radical (unpaired) electrons. The molecule has 0 unspecified atom stereocenters. The van der Waals surface area contributed by atoms with Crippen molar-refractivity contribution in [3.05, 3.63) is 29.8 Å². The number of hydrogen-bond acceptors (Lipinski definition) is 3. The Kier molecular flexibility index (Phi) is 6.09. The van der Waals surface area contributed by atoms with Crippen molar-refractivity contribution in [1.82, 2.24) is 10.2 Å². The first kappa shape index (κ1) is 14.9. The van der Waals surface area contributed by atoms with Gasteiger partial charge in [0.15, 0.2) is 0 Å². The van der Waals surface area contributed by atoms with Crippen molar-refractivity contribution in [2.75, 3.05) is 27.2 Å². The molecular weight excluding hydrogens is 244 g/mol. The van der Waals surface area contributed by atoms with E-state index in [1.807, 2.05) is 52.2 Å². The highest BCUT2D eigenvalue weighted by Crippen LogP contribution is 2.13. The molecule has 0 aromatic heterocycles. The van der Waals surface area contributed by atoms with E-state index in [0.717, 1.165) is 29.4 Å². The van der Waals surface area contributed by atoms with E-state index in [1.54, 1.807) is 0 Å². The van der Waals surface area contributed by atoms with Crippen LogP contribution in [-0.2, 0) is 0 Å². The van der Waals surface area contributed by atoms with Gasteiger partial charge in [0.1, 0.15) is 10.7 Å². The number of nitrogens with one attached hydrogen (secondary N) is 1. The lowest BCUT2D eigenvalue weighted by Crippen LogP contribution is -2.30. The molecule has 0 atom stereocenters. The average molecular weight is 266 g/mol. The van der Waals surface area contributed by atoms with Crippen LogP contribution < -0.4 is 10.1 Å². The minimum Gasteiger partial charge on any atom is -0.491 e. The largest absolute Gasteiger partial charge is 0.491 e. The second-order valence-electron chi connectivity index (χ2n) is 4.75. The Morgan fingerprint density at radius 3 is 2.39 bits per heavy atom. The lowest BCUT2D eigenvalue weighted by molar-refractivity contribution is 0.242. The van der Waals surface area contributed by atoms with Gasteiger partial charge in [-0.15, -0.1) is 0 Å². The number of thiocarbonyl (C=S) groups is 1. The SMILES string of the molecule is CC(C)Oc1ccc(C(=S)NCCN(C)C)cc1. The Labute approximate surface area is 115 Å². The highest BCUT2D eigenvalue weighted by Gasteiger charge is 2.02. The van der Waals surface area contributed by atoms with Gasteiger partial charge in [-0.25, -0.2) is 0 Å². The Morgan fingerprint density at radius 1 is 1.28 bits per heavy atom. The predicted octanol–water partition coefficient (Wildman–Crippen LogP) is 2.30. The van der Waals surface area contributed by atoms with Crippen molar-refractivity contribution in [1.29, 1.82) is 0 Å². The van der Waals surface area contributed by atoms with Crippen molar-refractivity contribution < 1.29 is 4.74 Å². The van der Waals surface area contributed by atoms with Crippen LogP contribution in [0.5, 0.6) is 5.75 Å². The molecule has 0 bridgehead atoms. The Balaban J connectivity index is 2.48. The van der Waals surface area contributed by atoms with Gasteiger partial charge in [-0.2, -0.15) is 0 Å². The van der Waals surface area contributed by atoms with Gasteiger partial charge in [-0.1, -0.05) is 12.2 Å². The zero-order valence-electron chi connectivity index (χ0n) is 11.6. The molecule has 0 aliphatic carbocycles. The summed E-state index contributed by atoms with van der Waals surface area (Å²) in [5.74, 6) is 0.879. The standard InChI is InChI=1S/C14H22N2OS/c1-11(2)17-13-7-5-12(6-8-13)14(18)15-9-10-16(3)4/h5-8,11H,9-10H2,1-4H3,(H,15,18). The summed E-state index contributed by atoms with van der Waals surface area (Å²) in [5, 5.41) is 3.24. The monoisotopic (exact) mass is 266 g/mol. The summed E-state index contributed by atoms with van der Waals surface area (Å²) < 4.78 is 5.59. The van der Waals surface area contributed by atoms with Crippen LogP contribution in [0.4, 0.5) is 0 Å². The topological polar surface area (TPSA) is 24.5 Å². The maximum absolute atomic E-state index is 5.59. The van der Waals surface area contributed by atoms with Crippen LogP contribution in [0.15, 0.2) is 24.3 Å². The smallest absolute Gasteiger partial charge is 0.119 e. The van der Waals surface area contributed by atoms with Crippen molar-refractivity contribution in [2.24, 2.45) is 0 Å². The van der Waals surface area contributed by atoms with E-state index in [2.05, 4.69) is 10.2 Å². The summed E-state index contributed by atoms with van der Waals surface area (Å²) in [5.41, 5.74) is 1.03. The molecule has 1 aromatic rings. The molecule has 1 N–H and O–H groups in total. The molecule has 0 fully saturated rings. The molecule has 0 heterocycles. The minimum atomic E-state index is 0.195. The highest BCUT2D eigenvalue weighted by atomic mass is 32.1. The average Bonchev–Trinajstić information content (AvgIpc) is 2.28. The van der Waals surface area contributed by atoms with Gasteiger partial charge in [0, 0.05) is 18.7 Å². The third-order valence-electron chi connectivity index (χ3n) is 2.33. The molecule has 18 heavy (non-hydrogen) atoms. The fourth-order valence-electron chi connectivity index (χ4n) is 1.45. The molecule has 0 saturated carbocycles. The van der Waals surface area contributed by atoms with Gasteiger partial charge >= 0.3 is 0 Å². The molecular formula is C14H22N2OS. The zero-order valence-corrected chi connectivity index (χ0v) is 12.4. The highest BCUT2D eigenvalue weighted by molar-refractivity contribution is 7.80. The first-order chi connectivity index (χ1) is 8.49. The number of ether oxygens (including phenoxy) is 1. The molecule has 3 nitrogen and oxygen atoms in total. The Morgan fingerprint density at radius 2 is 1.89 bits per heavy atom. The quantitative estimate of drug-likeness (QED) is 0.799. The summed E-state index contributed by atoms with van der Waals surface area (Å²) >= 11 is 5.33. The van der Waals surface area contributed by atoms with Crippen LogP contribution in [0, 0.1) is 0 Å². The van der Waals surface area contributed by atoms with Crippen LogP contribution in [0.2, 0.25) is 0 Å². The fraction of sp³-hybridized carbons (Fsp3) is 0.500. The summed E-state index contributed by atoms with van der Waals surface area (Å²) in [4.78, 5) is 2.91. The van der Waals surface area contributed by atoms with E-state index in [9.17, 15) is 0 Å². The number of nitrogens with zero attached hydrogens (tertiary/aromatic N) is 1. The van der Waals surface area contributed by atoms with Gasteiger partial charge < -0.3 is 15.0 Å². The van der Waals surface area contributed by atoms with E-state index in [-0.39, 0.29) is 6.10 Å². The molecule has 0 aliphatic rings. The molecule has 1 rings (SSSR count). The third kappa shape index (κ3) is 5.47. The third-order valence-corrected chi connectivity index (χ3v) is 2.71. The fourth-order valence-corrected chi connectivity index (χ4v) is 1.69. The summed E-state index contributed by atoms with van der Waals surface area (Å²) in [6.07, 6.45) is 0.195. The zero-order chi connectivity index (χ0) is 13.5. The summed E-state index contributed by atoms with van der Waals surface area (Å²) in [6, 6.07) is 7.88. The van der Waals surface area contributed by atoms with E-state index in [4.69, 9.17) is 17.0 Å². The molecule has 0 aliphatic heterocycles. The Bertz CT molecular complexity index is 374. The van der Waals surface area contributed by atoms with Crippen LogP contribution in [-0.4, -0.2) is 43.2 Å². The van der Waals surface area contributed by atoms with Crippen LogP contribution in [0.25, 0.3) is 0 Å². The summed E-state index contributed by atoms with van der Waals surface area (Å²) in [6.45, 7) is 5.85. The molecule has 0 amide bonds. The van der Waals surface area contributed by atoms with E-state index in [0.29, 0.717) is 0 Å². The van der Waals surface area contributed by atoms with Crippen molar-refractivity contribution in [2.45, 2.75) is 20.0 Å². The van der Waals surface area contributed by atoms with Crippen molar-refractivity contribution in [3.8, 4) is 5.75 Å². The second kappa shape index (κ2) is 7.34. The molecule has 100 valence electrons. The van der Waals surface area contributed by atoms with Gasteiger partial charge in [0.2, 0.25) is 0 Å². The van der Waals surface area contributed by atoms with Gasteiger partial charge in [-0.05, 0) is 52.2 Å². The van der Waals surface area contributed by atoms with E-state index in [1.165, 1.54) is 0 Å². The number of rotatable bonds is 6. The van der Waals surface area contributed by atoms with Crippen LogP contribution in [0.3, 0.4) is 0 Å². The first-order valence-corrected chi connectivity index (χ1v) is 6.59. The van der Waals surface area contributed by atoms with Gasteiger partial charge in [0.05, 0.1) is 6.10 Å². The maximum Gasteiger partial charge on any atom is 0.119 e. The van der Waals surface area contributed by atoms with Gasteiger partial charge in [-0.3, -0.25) is 0 Å². The molecule has 4 heteroatoms. The number of likely N-dealkylation sites (N-methyl/N-ethyl adjacent to an activating group) is 1. The lowest BCUT2D eigenvalue weighted by Gasteiger charge is -2.13. The molecule has 0 saturated heterocycles. The number of benzene rings is 1. The van der Waals surface area contributed by atoms with Crippen molar-refractivity contribution in [3.63, 3.8) is 0 Å². The predicted molar refractivity (Wildman–Crippen MR) is 80.5 cm³/mol. The normalized spacial score (nSPS) is 10.8. The van der Waals surface area contributed by atoms with Crippen LogP contribution in [0.1, 0.15) is 19.4 Å². The second-order valence-corrected chi connectivity index (χ2v) is 5.16. The van der Waals surface area contributed by atoms with Gasteiger partial charge in [0.25, 0.3) is 0 Å². The molecule has 1 aromatic carbocycles. The lowest BCUT2D eigenvalue weighted by atomic mass is 10.2. The maximum atomic E-state index is 5.59. The first-order valence-electron chi connectivity index (χ1n) is 6.18. The summed E-state index contributed by atoms with van der Waals surface area (Å²) in [7, 11) is 4.09. The minimum absolute atomic E-state index is 0.195. The van der Waals surface area contributed by atoms with E-state index < -0.39 is 0 Å². The number of hydrogen-bond donors (Lipinski definition) is 1. The van der Waals surface area contributed by atoms with Crippen LogP contribution >= 0.6 is 12.2 Å². The van der Waals surface area contributed by atoms with E-state index >= 15 is 0 Å². The molecule has 0 spiro atoms.